The molecule has 0 spiro atoms. The lowest BCUT2D eigenvalue weighted by molar-refractivity contribution is -0.115. The van der Waals surface area contributed by atoms with E-state index in [4.69, 9.17) is 27.9 Å². The second kappa shape index (κ2) is 8.25. The fourth-order valence-electron chi connectivity index (χ4n) is 2.40. The highest BCUT2D eigenvalue weighted by molar-refractivity contribution is 8.18. The number of aromatic hydroxyl groups is 1. The predicted molar refractivity (Wildman–Crippen MR) is 111 cm³/mol. The van der Waals surface area contributed by atoms with Crippen LogP contribution in [0.1, 0.15) is 18.1 Å². The number of carbonyl (C=O) groups excluding carboxylic acids is 1. The van der Waals surface area contributed by atoms with Crippen LogP contribution in [0.2, 0.25) is 10.0 Å². The van der Waals surface area contributed by atoms with Crippen molar-refractivity contribution in [2.75, 3.05) is 6.61 Å². The van der Waals surface area contributed by atoms with E-state index in [0.717, 1.165) is 5.56 Å². The number of rotatable bonds is 4. The van der Waals surface area contributed by atoms with E-state index in [1.54, 1.807) is 37.3 Å². The third kappa shape index (κ3) is 4.40. The Balaban J connectivity index is 1.90. The highest BCUT2D eigenvalue weighted by atomic mass is 35.5. The summed E-state index contributed by atoms with van der Waals surface area (Å²) in [6, 6.07) is 8.62. The minimum Gasteiger partial charge on any atom is -0.503 e. The van der Waals surface area contributed by atoms with Gasteiger partial charge in [-0.1, -0.05) is 29.3 Å². The quantitative estimate of drug-likeness (QED) is 0.655. The molecule has 1 aliphatic rings. The summed E-state index contributed by atoms with van der Waals surface area (Å²) in [4.78, 5) is 17.2. The van der Waals surface area contributed by atoms with Gasteiger partial charge in [0.25, 0.3) is 5.91 Å². The van der Waals surface area contributed by atoms with Crippen molar-refractivity contribution < 1.29 is 14.6 Å². The minimum absolute atomic E-state index is 0.122. The van der Waals surface area contributed by atoms with Crippen LogP contribution < -0.4 is 10.1 Å². The number of amidine groups is 1. The van der Waals surface area contributed by atoms with Gasteiger partial charge >= 0.3 is 0 Å². The number of ether oxygens (including phenoxy) is 1. The number of phenols is 1. The molecule has 2 aromatic carbocycles. The van der Waals surface area contributed by atoms with E-state index in [1.807, 2.05) is 13.0 Å². The molecule has 3 rings (SSSR count). The van der Waals surface area contributed by atoms with Crippen molar-refractivity contribution >= 4 is 57.8 Å². The number of phenolic OH excluding ortho intramolecular Hbond substituents is 1. The molecular formula is C19H16Cl2N2O3S. The Morgan fingerprint density at radius 2 is 2.07 bits per heavy atom. The van der Waals surface area contributed by atoms with E-state index in [0.29, 0.717) is 33.0 Å². The van der Waals surface area contributed by atoms with Crippen molar-refractivity contribution in [2.24, 2.45) is 4.99 Å². The van der Waals surface area contributed by atoms with Gasteiger partial charge in [-0.05, 0) is 67.1 Å². The van der Waals surface area contributed by atoms with Crippen molar-refractivity contribution in [3.8, 4) is 11.5 Å². The summed E-state index contributed by atoms with van der Waals surface area (Å²) in [5.74, 6) is -0.118. The molecule has 5 nitrogen and oxygen atoms in total. The highest BCUT2D eigenvalue weighted by Crippen LogP contribution is 2.37. The van der Waals surface area contributed by atoms with Crippen molar-refractivity contribution in [1.82, 2.24) is 5.32 Å². The van der Waals surface area contributed by atoms with Gasteiger partial charge in [-0.15, -0.1) is 0 Å². The predicted octanol–water partition coefficient (Wildman–Crippen LogP) is 5.30. The smallest absolute Gasteiger partial charge is 0.264 e. The molecule has 0 unspecified atom stereocenters. The Kier molecular flexibility index (Phi) is 5.99. The van der Waals surface area contributed by atoms with Crippen LogP contribution in [0.25, 0.3) is 6.08 Å². The molecule has 1 heterocycles. The number of hydrogen-bond acceptors (Lipinski definition) is 5. The molecule has 1 amide bonds. The van der Waals surface area contributed by atoms with Gasteiger partial charge < -0.3 is 15.2 Å². The molecule has 0 aliphatic carbocycles. The zero-order valence-electron chi connectivity index (χ0n) is 14.5. The van der Waals surface area contributed by atoms with Gasteiger partial charge in [-0.25, -0.2) is 4.99 Å². The SMILES string of the molecule is CCOc1cc(/C=C2/SC(=Nc3cccc(Cl)c3C)NC2=O)cc(Cl)c1O. The third-order valence-electron chi connectivity index (χ3n) is 3.76. The van der Waals surface area contributed by atoms with Gasteiger partial charge in [0.2, 0.25) is 0 Å². The summed E-state index contributed by atoms with van der Waals surface area (Å²) in [5.41, 5.74) is 2.17. The normalized spacial score (nSPS) is 16.8. The fourth-order valence-corrected chi connectivity index (χ4v) is 3.62. The van der Waals surface area contributed by atoms with Gasteiger partial charge in [-0.3, -0.25) is 4.79 Å². The van der Waals surface area contributed by atoms with Gasteiger partial charge in [0.1, 0.15) is 0 Å². The molecule has 1 saturated heterocycles. The van der Waals surface area contributed by atoms with Crippen molar-refractivity contribution in [3.63, 3.8) is 0 Å². The summed E-state index contributed by atoms with van der Waals surface area (Å²) in [7, 11) is 0. The number of amides is 1. The van der Waals surface area contributed by atoms with Gasteiger partial charge in [0.05, 0.1) is 22.2 Å². The van der Waals surface area contributed by atoms with Crippen LogP contribution in [0.15, 0.2) is 40.2 Å². The number of carbonyl (C=O) groups is 1. The van der Waals surface area contributed by atoms with E-state index >= 15 is 0 Å². The Morgan fingerprint density at radius 1 is 1.30 bits per heavy atom. The number of nitrogens with one attached hydrogen (secondary N) is 1. The summed E-state index contributed by atoms with van der Waals surface area (Å²) in [6.07, 6.45) is 1.67. The average Bonchev–Trinajstić information content (AvgIpc) is 2.96. The molecule has 1 aliphatic heterocycles. The first-order valence-corrected chi connectivity index (χ1v) is 9.66. The number of aliphatic imine (C=N–C) groups is 1. The molecular weight excluding hydrogens is 407 g/mol. The van der Waals surface area contributed by atoms with E-state index < -0.39 is 0 Å². The molecule has 2 aromatic rings. The van der Waals surface area contributed by atoms with Gasteiger partial charge in [0.15, 0.2) is 16.7 Å². The number of thioether (sulfide) groups is 1. The lowest BCUT2D eigenvalue weighted by Crippen LogP contribution is -2.19. The van der Waals surface area contributed by atoms with Crippen LogP contribution >= 0.6 is 35.0 Å². The molecule has 27 heavy (non-hydrogen) atoms. The van der Waals surface area contributed by atoms with Crippen LogP contribution in [0.3, 0.4) is 0 Å². The van der Waals surface area contributed by atoms with E-state index in [2.05, 4.69) is 10.3 Å². The molecule has 1 fully saturated rings. The average molecular weight is 423 g/mol. The maximum absolute atomic E-state index is 12.3. The second-order valence-electron chi connectivity index (χ2n) is 5.65. The van der Waals surface area contributed by atoms with Crippen LogP contribution in [-0.4, -0.2) is 22.8 Å². The molecule has 0 aromatic heterocycles. The first kappa shape index (κ1) is 19.6. The second-order valence-corrected chi connectivity index (χ2v) is 7.49. The van der Waals surface area contributed by atoms with E-state index in [9.17, 15) is 9.90 Å². The number of hydrogen-bond donors (Lipinski definition) is 2. The Hall–Kier alpha value is -2.15. The standard InChI is InChI=1S/C19H16Cl2N2O3S/c1-3-26-15-8-11(7-13(21)17(15)24)9-16-18(25)23-19(27-16)22-14-6-4-5-12(20)10(14)2/h4-9,24H,3H2,1-2H3,(H,22,23,25)/b16-9+. The van der Waals surface area contributed by atoms with Gasteiger partial charge in [0, 0.05) is 5.02 Å². The van der Waals surface area contributed by atoms with E-state index in [-0.39, 0.29) is 22.4 Å². The molecule has 140 valence electrons. The van der Waals surface area contributed by atoms with Crippen molar-refractivity contribution in [2.45, 2.75) is 13.8 Å². The fraction of sp³-hybridized carbons (Fsp3) is 0.158. The number of nitrogens with zero attached hydrogens (tertiary/aromatic N) is 1. The summed E-state index contributed by atoms with van der Waals surface area (Å²) < 4.78 is 5.37. The first-order chi connectivity index (χ1) is 12.9. The number of benzene rings is 2. The monoisotopic (exact) mass is 422 g/mol. The molecule has 8 heteroatoms. The topological polar surface area (TPSA) is 70.9 Å². The summed E-state index contributed by atoms with van der Waals surface area (Å²) in [5, 5.41) is 13.9. The third-order valence-corrected chi connectivity index (χ3v) is 5.37. The minimum atomic E-state index is -0.263. The number of halogens is 2. The molecule has 0 radical (unpaired) electrons. The first-order valence-electron chi connectivity index (χ1n) is 8.09. The lowest BCUT2D eigenvalue weighted by Gasteiger charge is -2.08. The molecule has 0 atom stereocenters. The Labute approximate surface area is 171 Å². The summed E-state index contributed by atoms with van der Waals surface area (Å²) in [6.45, 7) is 4.06. The maximum Gasteiger partial charge on any atom is 0.264 e. The molecule has 0 bridgehead atoms. The van der Waals surface area contributed by atoms with Crippen LogP contribution in [0, 0.1) is 6.92 Å². The zero-order chi connectivity index (χ0) is 19.6. The van der Waals surface area contributed by atoms with Crippen LogP contribution in [0.5, 0.6) is 11.5 Å². The Bertz CT molecular complexity index is 974. The summed E-state index contributed by atoms with van der Waals surface area (Å²) >= 11 is 13.4. The van der Waals surface area contributed by atoms with Gasteiger partial charge in [-0.2, -0.15) is 0 Å². The highest BCUT2D eigenvalue weighted by Gasteiger charge is 2.24. The van der Waals surface area contributed by atoms with Crippen molar-refractivity contribution in [1.29, 1.82) is 0 Å². The molecule has 0 saturated carbocycles. The Morgan fingerprint density at radius 3 is 2.81 bits per heavy atom. The lowest BCUT2D eigenvalue weighted by atomic mass is 10.2. The maximum atomic E-state index is 12.3. The van der Waals surface area contributed by atoms with Crippen LogP contribution in [0.4, 0.5) is 5.69 Å². The van der Waals surface area contributed by atoms with Crippen molar-refractivity contribution in [3.05, 3.63) is 56.4 Å². The largest absolute Gasteiger partial charge is 0.503 e. The molecule has 2 N–H and O–H groups in total. The zero-order valence-corrected chi connectivity index (χ0v) is 16.9. The van der Waals surface area contributed by atoms with Crippen LogP contribution in [-0.2, 0) is 4.79 Å². The van der Waals surface area contributed by atoms with E-state index in [1.165, 1.54) is 11.8 Å².